The number of nitrogens with zero attached hydrogens (tertiary/aromatic N) is 1. The van der Waals surface area contributed by atoms with Crippen LogP contribution < -0.4 is 0 Å². The van der Waals surface area contributed by atoms with E-state index >= 15 is 0 Å². The molecule has 2 aromatic carbocycles. The number of ether oxygens (including phenoxy) is 1. The van der Waals surface area contributed by atoms with Gasteiger partial charge < -0.3 is 9.64 Å². The number of morpholine rings is 1. The van der Waals surface area contributed by atoms with E-state index in [-0.39, 0.29) is 23.3 Å². The SMILES string of the molecule is C=CC.CC(C)(C)SCC(C1CC1)N1C(=O)COCC1c1ccc(Cl)cc1.Cc1ccccc1Cl. The summed E-state index contributed by atoms with van der Waals surface area (Å²) in [5.41, 5.74) is 2.24. The van der Waals surface area contributed by atoms with E-state index in [9.17, 15) is 4.79 Å². The van der Waals surface area contributed by atoms with Crippen molar-refractivity contribution in [1.82, 2.24) is 4.90 Å². The highest BCUT2D eigenvalue weighted by Crippen LogP contribution is 2.42. The van der Waals surface area contributed by atoms with Crippen LogP contribution in [0.5, 0.6) is 0 Å². The number of carbonyl (C=O) groups is 1. The standard InChI is InChI=1S/C19H26ClNO2S.C7H7Cl.C3H6/c1-19(2,3)24-12-17(14-4-5-14)21-16(10-23-11-18(21)22)13-6-8-15(20)9-7-13;1-6-4-2-3-5-7(6)8;1-3-2/h6-9,14,16-17H,4-5,10-12H2,1-3H3;2-5H,1H3;3H,1H2,2H3. The van der Waals surface area contributed by atoms with Crippen molar-refractivity contribution in [3.8, 4) is 0 Å². The molecule has 0 aromatic heterocycles. The smallest absolute Gasteiger partial charge is 0.249 e. The fourth-order valence-electron chi connectivity index (χ4n) is 3.76. The first-order valence-corrected chi connectivity index (χ1v) is 13.9. The number of rotatable bonds is 5. The number of hydrogen-bond acceptors (Lipinski definition) is 3. The second-order valence-corrected chi connectivity index (χ2v) is 12.6. The number of benzene rings is 2. The highest BCUT2D eigenvalue weighted by molar-refractivity contribution is 8.00. The van der Waals surface area contributed by atoms with Gasteiger partial charge in [-0.3, -0.25) is 4.79 Å². The van der Waals surface area contributed by atoms with Gasteiger partial charge in [-0.2, -0.15) is 11.8 Å². The highest BCUT2D eigenvalue weighted by Gasteiger charge is 2.43. The molecule has 4 rings (SSSR count). The normalized spacial score (nSPS) is 18.5. The molecule has 1 saturated heterocycles. The molecule has 192 valence electrons. The van der Waals surface area contributed by atoms with Crippen molar-refractivity contribution in [3.63, 3.8) is 0 Å². The second kappa shape index (κ2) is 14.3. The highest BCUT2D eigenvalue weighted by atomic mass is 35.5. The van der Waals surface area contributed by atoms with Crippen molar-refractivity contribution < 1.29 is 9.53 Å². The molecule has 2 unspecified atom stereocenters. The molecule has 3 nitrogen and oxygen atoms in total. The number of allylic oxidation sites excluding steroid dienone is 1. The number of carbonyl (C=O) groups excluding carboxylic acids is 1. The number of aryl methyl sites for hydroxylation is 1. The Morgan fingerprint density at radius 3 is 2.23 bits per heavy atom. The van der Waals surface area contributed by atoms with Gasteiger partial charge >= 0.3 is 0 Å². The summed E-state index contributed by atoms with van der Waals surface area (Å²) in [6.45, 7) is 14.7. The second-order valence-electron chi connectivity index (χ2n) is 9.87. The molecule has 1 saturated carbocycles. The van der Waals surface area contributed by atoms with Crippen LogP contribution in [0.15, 0.2) is 61.2 Å². The quantitative estimate of drug-likeness (QED) is 0.360. The molecule has 0 radical (unpaired) electrons. The summed E-state index contributed by atoms with van der Waals surface area (Å²) >= 11 is 13.7. The molecule has 1 heterocycles. The third-order valence-corrected chi connectivity index (χ3v) is 7.72. The maximum atomic E-state index is 12.7. The summed E-state index contributed by atoms with van der Waals surface area (Å²) in [4.78, 5) is 14.8. The third kappa shape index (κ3) is 10.2. The zero-order valence-corrected chi connectivity index (χ0v) is 23.9. The molecule has 1 amide bonds. The third-order valence-electron chi connectivity index (χ3n) is 5.67. The van der Waals surface area contributed by atoms with Crippen LogP contribution >= 0.6 is 35.0 Å². The van der Waals surface area contributed by atoms with Crippen LogP contribution in [0, 0.1) is 12.8 Å². The predicted octanol–water partition coefficient (Wildman–Crippen LogP) is 8.39. The summed E-state index contributed by atoms with van der Waals surface area (Å²) in [5.74, 6) is 1.74. The van der Waals surface area contributed by atoms with Crippen molar-refractivity contribution in [2.45, 2.75) is 64.3 Å². The van der Waals surface area contributed by atoms with Gasteiger partial charge in [0.2, 0.25) is 5.91 Å². The van der Waals surface area contributed by atoms with Crippen LogP contribution in [0.2, 0.25) is 10.0 Å². The first kappa shape index (κ1) is 29.8. The molecule has 2 aliphatic rings. The zero-order chi connectivity index (χ0) is 26.0. The van der Waals surface area contributed by atoms with Crippen molar-refractivity contribution in [2.24, 2.45) is 5.92 Å². The molecular weight excluding hydrogens is 497 g/mol. The van der Waals surface area contributed by atoms with E-state index in [0.717, 1.165) is 26.9 Å². The number of amides is 1. The lowest BCUT2D eigenvalue weighted by molar-refractivity contribution is -0.152. The summed E-state index contributed by atoms with van der Waals surface area (Å²) < 4.78 is 5.78. The molecule has 0 spiro atoms. The molecule has 1 aliphatic carbocycles. The van der Waals surface area contributed by atoms with E-state index in [4.69, 9.17) is 27.9 Å². The van der Waals surface area contributed by atoms with Gasteiger partial charge in [-0.05, 0) is 61.9 Å². The monoisotopic (exact) mass is 535 g/mol. The minimum absolute atomic E-state index is 0.00492. The Morgan fingerprint density at radius 2 is 1.74 bits per heavy atom. The Hall–Kier alpha value is -1.46. The largest absolute Gasteiger partial charge is 0.369 e. The fraction of sp³-hybridized carbons (Fsp3) is 0.483. The van der Waals surface area contributed by atoms with Gasteiger partial charge in [0.25, 0.3) is 0 Å². The van der Waals surface area contributed by atoms with Crippen LogP contribution in [0.25, 0.3) is 0 Å². The van der Waals surface area contributed by atoms with Gasteiger partial charge in [0.05, 0.1) is 12.6 Å². The minimum atomic E-state index is -0.00492. The fourth-order valence-corrected chi connectivity index (χ4v) is 5.12. The molecule has 35 heavy (non-hydrogen) atoms. The molecule has 1 aliphatic heterocycles. The van der Waals surface area contributed by atoms with E-state index in [0.29, 0.717) is 18.6 Å². The zero-order valence-electron chi connectivity index (χ0n) is 21.6. The van der Waals surface area contributed by atoms with E-state index in [1.165, 1.54) is 12.8 Å². The van der Waals surface area contributed by atoms with Crippen LogP contribution in [0.3, 0.4) is 0 Å². The average molecular weight is 537 g/mol. The van der Waals surface area contributed by atoms with Crippen molar-refractivity contribution in [3.05, 3.63) is 82.4 Å². The molecule has 2 atom stereocenters. The van der Waals surface area contributed by atoms with Gasteiger partial charge in [0.15, 0.2) is 0 Å². The Balaban J connectivity index is 0.000000327. The average Bonchev–Trinajstić information content (AvgIpc) is 3.63. The predicted molar refractivity (Wildman–Crippen MR) is 153 cm³/mol. The van der Waals surface area contributed by atoms with Crippen molar-refractivity contribution in [1.29, 1.82) is 0 Å². The maximum Gasteiger partial charge on any atom is 0.249 e. The minimum Gasteiger partial charge on any atom is -0.369 e. The summed E-state index contributed by atoms with van der Waals surface area (Å²) in [7, 11) is 0. The molecule has 2 fully saturated rings. The topological polar surface area (TPSA) is 29.5 Å². The summed E-state index contributed by atoms with van der Waals surface area (Å²) in [5, 5.41) is 1.56. The van der Waals surface area contributed by atoms with Crippen molar-refractivity contribution >= 4 is 40.9 Å². The maximum absolute atomic E-state index is 12.7. The molecule has 6 heteroatoms. The van der Waals surface area contributed by atoms with Gasteiger partial charge in [0.1, 0.15) is 6.61 Å². The summed E-state index contributed by atoms with van der Waals surface area (Å²) in [6, 6.07) is 15.9. The molecule has 2 aromatic rings. The van der Waals surface area contributed by atoms with Gasteiger partial charge in [-0.1, -0.05) is 80.4 Å². The van der Waals surface area contributed by atoms with E-state index in [1.807, 2.05) is 74.1 Å². The van der Waals surface area contributed by atoms with E-state index in [1.54, 1.807) is 6.08 Å². The van der Waals surface area contributed by atoms with Gasteiger partial charge in [-0.15, -0.1) is 6.58 Å². The Morgan fingerprint density at radius 1 is 1.14 bits per heavy atom. The lowest BCUT2D eigenvalue weighted by atomic mass is 10.0. The van der Waals surface area contributed by atoms with Crippen LogP contribution in [0.1, 0.15) is 57.7 Å². The number of hydrogen-bond donors (Lipinski definition) is 0. The van der Waals surface area contributed by atoms with E-state index < -0.39 is 0 Å². The lowest BCUT2D eigenvalue weighted by Gasteiger charge is -2.42. The Labute approximate surface area is 226 Å². The number of halogens is 2. The van der Waals surface area contributed by atoms with Crippen LogP contribution in [0.4, 0.5) is 0 Å². The molecule has 0 bridgehead atoms. The molecular formula is C29H39Cl2NO2S. The van der Waals surface area contributed by atoms with Gasteiger partial charge in [-0.25, -0.2) is 0 Å². The summed E-state index contributed by atoms with van der Waals surface area (Å²) in [6.07, 6.45) is 4.21. The molecule has 0 N–H and O–H groups in total. The Kier molecular flexibility index (Phi) is 12.2. The first-order valence-electron chi connectivity index (χ1n) is 12.1. The van der Waals surface area contributed by atoms with Crippen LogP contribution in [-0.4, -0.2) is 40.6 Å². The van der Waals surface area contributed by atoms with E-state index in [2.05, 4.69) is 32.3 Å². The number of thioether (sulfide) groups is 1. The first-order chi connectivity index (χ1) is 16.6. The van der Waals surface area contributed by atoms with Gasteiger partial charge in [0, 0.05) is 26.6 Å². The Bertz CT molecular complexity index is 917. The lowest BCUT2D eigenvalue weighted by Crippen LogP contribution is -2.51. The van der Waals surface area contributed by atoms with Crippen molar-refractivity contribution in [2.75, 3.05) is 19.0 Å². The van der Waals surface area contributed by atoms with Crippen LogP contribution in [-0.2, 0) is 9.53 Å².